The Hall–Kier alpha value is -1.29. The van der Waals surface area contributed by atoms with Crippen molar-refractivity contribution in [3.8, 4) is 0 Å². The molecule has 102 valence electrons. The van der Waals surface area contributed by atoms with Crippen LogP contribution in [0.25, 0.3) is 0 Å². The molecule has 0 spiro atoms. The SMILES string of the molecule is CCCN(CCC)CC(=O)N[C@H](C)c1ccco1. The van der Waals surface area contributed by atoms with Gasteiger partial charge < -0.3 is 9.73 Å². The van der Waals surface area contributed by atoms with Crippen molar-refractivity contribution < 1.29 is 9.21 Å². The van der Waals surface area contributed by atoms with Gasteiger partial charge in [-0.15, -0.1) is 0 Å². The first-order valence-corrected chi connectivity index (χ1v) is 6.72. The Kier molecular flexibility index (Phi) is 6.50. The lowest BCUT2D eigenvalue weighted by Gasteiger charge is -2.21. The lowest BCUT2D eigenvalue weighted by atomic mass is 10.2. The van der Waals surface area contributed by atoms with Crippen LogP contribution >= 0.6 is 0 Å². The first-order valence-electron chi connectivity index (χ1n) is 6.72. The van der Waals surface area contributed by atoms with Crippen LogP contribution < -0.4 is 5.32 Å². The fourth-order valence-corrected chi connectivity index (χ4v) is 2.00. The van der Waals surface area contributed by atoms with Gasteiger partial charge in [0.15, 0.2) is 0 Å². The van der Waals surface area contributed by atoms with Crippen molar-refractivity contribution in [3.05, 3.63) is 24.2 Å². The molecule has 0 aliphatic carbocycles. The average molecular weight is 252 g/mol. The predicted molar refractivity (Wildman–Crippen MR) is 72.3 cm³/mol. The third-order valence-corrected chi connectivity index (χ3v) is 2.79. The van der Waals surface area contributed by atoms with Gasteiger partial charge in [-0.2, -0.15) is 0 Å². The van der Waals surface area contributed by atoms with Crippen molar-refractivity contribution in [3.63, 3.8) is 0 Å². The first-order chi connectivity index (χ1) is 8.67. The minimum absolute atomic E-state index is 0.0563. The van der Waals surface area contributed by atoms with Crippen molar-refractivity contribution in [2.45, 2.75) is 39.7 Å². The van der Waals surface area contributed by atoms with Crippen LogP contribution in [-0.2, 0) is 4.79 Å². The number of carbonyl (C=O) groups excluding carboxylic acids is 1. The van der Waals surface area contributed by atoms with Gasteiger partial charge in [-0.25, -0.2) is 0 Å². The number of furan rings is 1. The molecule has 0 saturated carbocycles. The standard InChI is InChI=1S/C14H24N2O2/c1-4-8-16(9-5-2)11-14(17)15-12(3)13-7-6-10-18-13/h6-7,10,12H,4-5,8-9,11H2,1-3H3,(H,15,17)/t12-/m1/s1. The number of hydrogen-bond donors (Lipinski definition) is 1. The van der Waals surface area contributed by atoms with Crippen LogP contribution in [0.15, 0.2) is 22.8 Å². The van der Waals surface area contributed by atoms with Gasteiger partial charge in [0.25, 0.3) is 0 Å². The van der Waals surface area contributed by atoms with E-state index in [1.54, 1.807) is 6.26 Å². The Balaban J connectivity index is 2.39. The molecular formula is C14H24N2O2. The maximum absolute atomic E-state index is 11.9. The molecule has 0 aliphatic rings. The van der Waals surface area contributed by atoms with Crippen molar-refractivity contribution in [1.82, 2.24) is 10.2 Å². The number of nitrogens with one attached hydrogen (secondary N) is 1. The zero-order valence-corrected chi connectivity index (χ0v) is 11.6. The maximum Gasteiger partial charge on any atom is 0.234 e. The lowest BCUT2D eigenvalue weighted by Crippen LogP contribution is -2.38. The topological polar surface area (TPSA) is 45.5 Å². The third kappa shape index (κ3) is 4.92. The normalized spacial score (nSPS) is 12.7. The molecule has 1 amide bonds. The molecule has 1 rings (SSSR count). The van der Waals surface area contributed by atoms with Crippen molar-refractivity contribution in [1.29, 1.82) is 0 Å². The van der Waals surface area contributed by atoms with Crippen LogP contribution in [0.5, 0.6) is 0 Å². The van der Waals surface area contributed by atoms with Crippen molar-refractivity contribution in [2.24, 2.45) is 0 Å². The van der Waals surface area contributed by atoms with Gasteiger partial charge in [0.05, 0.1) is 18.8 Å². The van der Waals surface area contributed by atoms with Crippen LogP contribution in [0.4, 0.5) is 0 Å². The van der Waals surface area contributed by atoms with Gasteiger partial charge in [-0.05, 0) is 45.0 Å². The smallest absolute Gasteiger partial charge is 0.234 e. The molecule has 1 atom stereocenters. The van der Waals surface area contributed by atoms with E-state index in [4.69, 9.17) is 4.42 Å². The summed E-state index contributed by atoms with van der Waals surface area (Å²) in [5.74, 6) is 0.849. The summed E-state index contributed by atoms with van der Waals surface area (Å²) in [5.41, 5.74) is 0. The maximum atomic E-state index is 11.9. The molecule has 1 aromatic rings. The van der Waals surface area contributed by atoms with Gasteiger partial charge in [0.1, 0.15) is 5.76 Å². The molecule has 0 aromatic carbocycles. The number of rotatable bonds is 8. The summed E-state index contributed by atoms with van der Waals surface area (Å²) in [6, 6.07) is 3.64. The van der Waals surface area contributed by atoms with E-state index in [1.807, 2.05) is 19.1 Å². The first kappa shape index (κ1) is 14.8. The van der Waals surface area contributed by atoms with Gasteiger partial charge in [-0.1, -0.05) is 13.8 Å². The number of carbonyl (C=O) groups is 1. The summed E-state index contributed by atoms with van der Waals surface area (Å²) in [4.78, 5) is 14.1. The molecule has 4 heteroatoms. The average Bonchev–Trinajstić information content (AvgIpc) is 2.82. The highest BCUT2D eigenvalue weighted by Crippen LogP contribution is 2.11. The summed E-state index contributed by atoms with van der Waals surface area (Å²) < 4.78 is 5.27. The highest BCUT2D eigenvalue weighted by molar-refractivity contribution is 5.78. The molecule has 0 unspecified atom stereocenters. The lowest BCUT2D eigenvalue weighted by molar-refractivity contribution is -0.123. The Morgan fingerprint density at radius 3 is 2.56 bits per heavy atom. The molecule has 0 radical (unpaired) electrons. The molecule has 0 bridgehead atoms. The van der Waals surface area contributed by atoms with Gasteiger partial charge in [0, 0.05) is 0 Å². The second-order valence-electron chi connectivity index (χ2n) is 4.58. The Morgan fingerprint density at radius 2 is 2.06 bits per heavy atom. The van der Waals surface area contributed by atoms with Crippen molar-refractivity contribution in [2.75, 3.05) is 19.6 Å². The molecule has 1 heterocycles. The van der Waals surface area contributed by atoms with E-state index in [2.05, 4.69) is 24.1 Å². The Bertz CT molecular complexity index is 330. The Labute approximate surface area is 109 Å². The van der Waals surface area contributed by atoms with E-state index < -0.39 is 0 Å². The quantitative estimate of drug-likeness (QED) is 0.773. The van der Waals surface area contributed by atoms with E-state index in [0.29, 0.717) is 6.54 Å². The van der Waals surface area contributed by atoms with E-state index in [0.717, 1.165) is 31.7 Å². The van der Waals surface area contributed by atoms with Gasteiger partial charge in [0.2, 0.25) is 5.91 Å². The second-order valence-corrected chi connectivity index (χ2v) is 4.58. The second kappa shape index (κ2) is 7.93. The van der Waals surface area contributed by atoms with E-state index in [-0.39, 0.29) is 11.9 Å². The molecular weight excluding hydrogens is 228 g/mol. The molecule has 0 aliphatic heterocycles. The van der Waals surface area contributed by atoms with Crippen LogP contribution in [0.2, 0.25) is 0 Å². The molecule has 1 N–H and O–H groups in total. The molecule has 0 saturated heterocycles. The third-order valence-electron chi connectivity index (χ3n) is 2.79. The van der Waals surface area contributed by atoms with E-state index in [1.165, 1.54) is 0 Å². The van der Waals surface area contributed by atoms with Crippen LogP contribution in [0.1, 0.15) is 45.4 Å². The summed E-state index contributed by atoms with van der Waals surface area (Å²) in [5, 5.41) is 2.96. The minimum atomic E-state index is -0.0717. The minimum Gasteiger partial charge on any atom is -0.467 e. The van der Waals surface area contributed by atoms with E-state index >= 15 is 0 Å². The number of amides is 1. The van der Waals surface area contributed by atoms with Crippen LogP contribution in [0, 0.1) is 0 Å². The van der Waals surface area contributed by atoms with E-state index in [9.17, 15) is 4.79 Å². The highest BCUT2D eigenvalue weighted by atomic mass is 16.3. The zero-order chi connectivity index (χ0) is 13.4. The van der Waals surface area contributed by atoms with Crippen LogP contribution in [-0.4, -0.2) is 30.4 Å². The summed E-state index contributed by atoms with van der Waals surface area (Å²) in [6.07, 6.45) is 3.76. The summed E-state index contributed by atoms with van der Waals surface area (Å²) >= 11 is 0. The number of nitrogens with zero attached hydrogens (tertiary/aromatic N) is 1. The molecule has 18 heavy (non-hydrogen) atoms. The molecule has 4 nitrogen and oxygen atoms in total. The predicted octanol–water partition coefficient (Wildman–Crippen LogP) is 2.58. The fraction of sp³-hybridized carbons (Fsp3) is 0.643. The number of hydrogen-bond acceptors (Lipinski definition) is 3. The summed E-state index contributed by atoms with van der Waals surface area (Å²) in [7, 11) is 0. The Morgan fingerprint density at radius 1 is 1.39 bits per heavy atom. The summed E-state index contributed by atoms with van der Waals surface area (Å²) in [6.45, 7) is 8.60. The van der Waals surface area contributed by atoms with Gasteiger partial charge >= 0.3 is 0 Å². The van der Waals surface area contributed by atoms with Gasteiger partial charge in [-0.3, -0.25) is 9.69 Å². The highest BCUT2D eigenvalue weighted by Gasteiger charge is 2.14. The largest absolute Gasteiger partial charge is 0.467 e. The fourth-order valence-electron chi connectivity index (χ4n) is 2.00. The molecule has 1 aromatic heterocycles. The zero-order valence-electron chi connectivity index (χ0n) is 11.6. The molecule has 0 fully saturated rings. The van der Waals surface area contributed by atoms with Crippen molar-refractivity contribution >= 4 is 5.91 Å². The monoisotopic (exact) mass is 252 g/mol. The van der Waals surface area contributed by atoms with Crippen LogP contribution in [0.3, 0.4) is 0 Å².